The molecule has 0 heterocycles. The van der Waals surface area contributed by atoms with E-state index in [1.165, 1.54) is 0 Å². The van der Waals surface area contributed by atoms with Gasteiger partial charge in [-0.05, 0) is 26.0 Å². The summed E-state index contributed by atoms with van der Waals surface area (Å²) in [5, 5.41) is 11.8. The lowest BCUT2D eigenvalue weighted by Gasteiger charge is -2.24. The second-order valence-electron chi connectivity index (χ2n) is 3.95. The molecule has 0 aromatic heterocycles. The van der Waals surface area contributed by atoms with Crippen molar-refractivity contribution < 1.29 is 9.90 Å². The molecule has 2 N–H and O–H groups in total. The van der Waals surface area contributed by atoms with Crippen LogP contribution in [0.25, 0.3) is 0 Å². The van der Waals surface area contributed by atoms with Crippen molar-refractivity contribution in [3.63, 3.8) is 0 Å². The summed E-state index contributed by atoms with van der Waals surface area (Å²) in [4.78, 5) is 13.5. The molecule has 2 amide bonds. The molecular formula is C10H20N2O2S. The number of nitrogens with one attached hydrogen (secondary N) is 1. The van der Waals surface area contributed by atoms with Crippen molar-refractivity contribution in [2.24, 2.45) is 0 Å². The van der Waals surface area contributed by atoms with Crippen molar-refractivity contribution in [3.8, 4) is 0 Å². The molecular weight excluding hydrogens is 212 g/mol. The van der Waals surface area contributed by atoms with Gasteiger partial charge in [-0.25, -0.2) is 4.79 Å². The van der Waals surface area contributed by atoms with E-state index in [1.54, 1.807) is 16.7 Å². The van der Waals surface area contributed by atoms with Crippen LogP contribution in [0.2, 0.25) is 0 Å². The normalized spacial score (nSPS) is 17.3. The van der Waals surface area contributed by atoms with E-state index in [9.17, 15) is 4.79 Å². The monoisotopic (exact) mass is 232 g/mol. The first-order chi connectivity index (χ1) is 7.19. The molecule has 5 heteroatoms. The fraction of sp³-hybridized carbons (Fsp3) is 0.900. The number of hydrogen-bond acceptors (Lipinski definition) is 3. The first kappa shape index (κ1) is 12.6. The van der Waals surface area contributed by atoms with Gasteiger partial charge in [-0.1, -0.05) is 0 Å². The smallest absolute Gasteiger partial charge is 0.317 e. The summed E-state index contributed by atoms with van der Waals surface area (Å²) in [6.07, 6.45) is 4.17. The largest absolute Gasteiger partial charge is 0.395 e. The number of carbonyl (C=O) groups is 1. The summed E-state index contributed by atoms with van der Waals surface area (Å²) in [7, 11) is 0. The zero-order valence-electron chi connectivity index (χ0n) is 9.40. The molecule has 1 unspecified atom stereocenters. The predicted molar refractivity (Wildman–Crippen MR) is 63.2 cm³/mol. The Bertz CT molecular complexity index is 210. The van der Waals surface area contributed by atoms with Crippen molar-refractivity contribution in [3.05, 3.63) is 0 Å². The molecule has 1 aliphatic carbocycles. The van der Waals surface area contributed by atoms with Crippen LogP contribution in [0.15, 0.2) is 0 Å². The Morgan fingerprint density at radius 1 is 1.67 bits per heavy atom. The van der Waals surface area contributed by atoms with Crippen LogP contribution in [0, 0.1) is 0 Å². The average molecular weight is 232 g/mol. The Hall–Kier alpha value is -0.420. The molecule has 1 fully saturated rings. The van der Waals surface area contributed by atoms with E-state index in [-0.39, 0.29) is 18.7 Å². The number of hydrogen-bond donors (Lipinski definition) is 2. The molecule has 1 atom stereocenters. The van der Waals surface area contributed by atoms with E-state index in [0.717, 1.165) is 18.6 Å². The van der Waals surface area contributed by atoms with Crippen LogP contribution in [0.3, 0.4) is 0 Å². The second kappa shape index (κ2) is 6.23. The minimum atomic E-state index is -0.0342. The van der Waals surface area contributed by atoms with E-state index < -0.39 is 0 Å². The minimum Gasteiger partial charge on any atom is -0.395 e. The van der Waals surface area contributed by atoms with Crippen molar-refractivity contribution in [2.45, 2.75) is 31.8 Å². The van der Waals surface area contributed by atoms with E-state index in [1.807, 2.05) is 13.2 Å². The maximum Gasteiger partial charge on any atom is 0.317 e. The SMILES string of the molecule is CSCC(C)NC(=O)N(CCO)C1CC1. The van der Waals surface area contributed by atoms with Crippen LogP contribution in [-0.4, -0.2) is 53.3 Å². The van der Waals surface area contributed by atoms with Gasteiger partial charge >= 0.3 is 6.03 Å². The highest BCUT2D eigenvalue weighted by Crippen LogP contribution is 2.26. The van der Waals surface area contributed by atoms with E-state index in [4.69, 9.17) is 5.11 Å². The Balaban J connectivity index is 2.34. The van der Waals surface area contributed by atoms with Crippen LogP contribution < -0.4 is 5.32 Å². The van der Waals surface area contributed by atoms with E-state index in [0.29, 0.717) is 12.6 Å². The van der Waals surface area contributed by atoms with Gasteiger partial charge < -0.3 is 15.3 Å². The number of carbonyl (C=O) groups excluding carboxylic acids is 1. The summed E-state index contributed by atoms with van der Waals surface area (Å²) in [6.45, 7) is 2.49. The summed E-state index contributed by atoms with van der Waals surface area (Å²) in [5.74, 6) is 0.920. The first-order valence-corrected chi connectivity index (χ1v) is 6.75. The van der Waals surface area contributed by atoms with E-state index in [2.05, 4.69) is 5.32 Å². The topological polar surface area (TPSA) is 52.6 Å². The highest BCUT2D eigenvalue weighted by Gasteiger charge is 2.32. The van der Waals surface area contributed by atoms with Gasteiger partial charge in [0.25, 0.3) is 0 Å². The lowest BCUT2D eigenvalue weighted by molar-refractivity contribution is 0.172. The van der Waals surface area contributed by atoms with Crippen molar-refractivity contribution in [1.82, 2.24) is 10.2 Å². The number of urea groups is 1. The molecule has 1 aliphatic rings. The van der Waals surface area contributed by atoms with Gasteiger partial charge in [-0.2, -0.15) is 11.8 Å². The van der Waals surface area contributed by atoms with Gasteiger partial charge in [0.1, 0.15) is 0 Å². The number of rotatable bonds is 6. The fourth-order valence-corrected chi connectivity index (χ4v) is 2.11. The van der Waals surface area contributed by atoms with Crippen LogP contribution in [-0.2, 0) is 0 Å². The standard InChI is InChI=1S/C10H20N2O2S/c1-8(7-15-2)11-10(14)12(5-6-13)9-3-4-9/h8-9,13H,3-7H2,1-2H3,(H,11,14). The molecule has 1 rings (SSSR count). The summed E-state index contributed by atoms with van der Waals surface area (Å²) < 4.78 is 0. The Kier molecular flexibility index (Phi) is 5.25. The van der Waals surface area contributed by atoms with Crippen molar-refractivity contribution in [1.29, 1.82) is 0 Å². The average Bonchev–Trinajstić information content (AvgIpc) is 2.97. The maximum absolute atomic E-state index is 11.8. The molecule has 15 heavy (non-hydrogen) atoms. The maximum atomic E-state index is 11.8. The number of amides is 2. The highest BCUT2D eigenvalue weighted by molar-refractivity contribution is 7.98. The predicted octanol–water partition coefficient (Wildman–Crippen LogP) is 0.904. The summed E-state index contributed by atoms with van der Waals surface area (Å²) in [5.41, 5.74) is 0. The van der Waals surface area contributed by atoms with Gasteiger partial charge in [-0.3, -0.25) is 0 Å². The number of aliphatic hydroxyl groups excluding tert-OH is 1. The molecule has 88 valence electrons. The molecule has 0 aromatic rings. The zero-order chi connectivity index (χ0) is 11.3. The third-order valence-corrected chi connectivity index (χ3v) is 3.21. The molecule has 0 aromatic carbocycles. The van der Waals surface area contributed by atoms with Gasteiger partial charge in [0.2, 0.25) is 0 Å². The minimum absolute atomic E-state index is 0.0342. The summed E-state index contributed by atoms with van der Waals surface area (Å²) in [6, 6.07) is 0.513. The van der Waals surface area contributed by atoms with Crippen molar-refractivity contribution >= 4 is 17.8 Å². The molecule has 0 bridgehead atoms. The Morgan fingerprint density at radius 3 is 2.80 bits per heavy atom. The molecule has 0 aliphatic heterocycles. The van der Waals surface area contributed by atoms with Crippen LogP contribution in [0.1, 0.15) is 19.8 Å². The first-order valence-electron chi connectivity index (χ1n) is 5.36. The lowest BCUT2D eigenvalue weighted by atomic mass is 10.4. The molecule has 1 saturated carbocycles. The fourth-order valence-electron chi connectivity index (χ4n) is 1.53. The van der Waals surface area contributed by atoms with Gasteiger partial charge in [-0.15, -0.1) is 0 Å². The zero-order valence-corrected chi connectivity index (χ0v) is 10.2. The second-order valence-corrected chi connectivity index (χ2v) is 4.86. The molecule has 0 radical (unpaired) electrons. The van der Waals surface area contributed by atoms with Crippen molar-refractivity contribution in [2.75, 3.05) is 25.2 Å². The number of thioether (sulfide) groups is 1. The Morgan fingerprint density at radius 2 is 2.33 bits per heavy atom. The number of nitrogens with zero attached hydrogens (tertiary/aromatic N) is 1. The third kappa shape index (κ3) is 4.30. The van der Waals surface area contributed by atoms with Crippen LogP contribution in [0.5, 0.6) is 0 Å². The molecule has 4 nitrogen and oxygen atoms in total. The third-order valence-electron chi connectivity index (χ3n) is 2.38. The van der Waals surface area contributed by atoms with Gasteiger partial charge in [0.15, 0.2) is 0 Å². The summed E-state index contributed by atoms with van der Waals surface area (Å²) >= 11 is 1.72. The van der Waals surface area contributed by atoms with Gasteiger partial charge in [0, 0.05) is 24.4 Å². The Labute approximate surface area is 95.4 Å². The van der Waals surface area contributed by atoms with Crippen LogP contribution >= 0.6 is 11.8 Å². The van der Waals surface area contributed by atoms with E-state index >= 15 is 0 Å². The quantitative estimate of drug-likeness (QED) is 0.715. The molecule has 0 saturated heterocycles. The lowest BCUT2D eigenvalue weighted by Crippen LogP contribution is -2.46. The highest BCUT2D eigenvalue weighted by atomic mass is 32.2. The molecule has 0 spiro atoms. The number of aliphatic hydroxyl groups is 1. The van der Waals surface area contributed by atoms with Gasteiger partial charge in [0.05, 0.1) is 6.61 Å². The van der Waals surface area contributed by atoms with Crippen LogP contribution in [0.4, 0.5) is 4.79 Å².